The first-order chi connectivity index (χ1) is 8.13. The summed E-state index contributed by atoms with van der Waals surface area (Å²) in [5.74, 6) is -0.388. The molecule has 2 aromatic rings. The second-order valence-corrected chi connectivity index (χ2v) is 4.46. The number of pyridine rings is 1. The molecule has 0 saturated carbocycles. The Hall–Kier alpha value is -1.44. The summed E-state index contributed by atoms with van der Waals surface area (Å²) in [5, 5.41) is 8.85. The van der Waals surface area contributed by atoms with Crippen LogP contribution in [-0.2, 0) is 0 Å². The molecule has 0 N–H and O–H groups in total. The normalized spacial score (nSPS) is 10.0. The van der Waals surface area contributed by atoms with E-state index in [-0.39, 0.29) is 16.5 Å². The minimum absolute atomic E-state index is 0.0638. The molecule has 5 heteroatoms. The van der Waals surface area contributed by atoms with Crippen LogP contribution in [-0.4, -0.2) is 4.98 Å². The van der Waals surface area contributed by atoms with Gasteiger partial charge >= 0.3 is 0 Å². The summed E-state index contributed by atoms with van der Waals surface area (Å²) in [5.41, 5.74) is 0.969. The molecule has 0 fully saturated rings. The van der Waals surface area contributed by atoms with Gasteiger partial charge in [-0.1, -0.05) is 23.7 Å². The Morgan fingerprint density at radius 1 is 1.35 bits per heavy atom. The second kappa shape index (κ2) is 4.82. The Bertz CT molecular complexity index is 622. The van der Waals surface area contributed by atoms with Crippen molar-refractivity contribution in [1.82, 2.24) is 4.98 Å². The Labute approximate surface area is 111 Å². The van der Waals surface area contributed by atoms with Crippen LogP contribution >= 0.6 is 27.5 Å². The van der Waals surface area contributed by atoms with Gasteiger partial charge in [-0.25, -0.2) is 9.37 Å². The van der Waals surface area contributed by atoms with Gasteiger partial charge in [-0.05, 0) is 34.1 Å². The lowest BCUT2D eigenvalue weighted by atomic mass is 10.1. The lowest BCUT2D eigenvalue weighted by Crippen LogP contribution is -1.92. The van der Waals surface area contributed by atoms with Crippen molar-refractivity contribution in [2.75, 3.05) is 0 Å². The third-order valence-corrected chi connectivity index (χ3v) is 3.07. The predicted molar refractivity (Wildman–Crippen MR) is 67.1 cm³/mol. The molecule has 0 aliphatic heterocycles. The van der Waals surface area contributed by atoms with Crippen LogP contribution in [0.15, 0.2) is 34.8 Å². The minimum Gasteiger partial charge on any atom is -0.233 e. The fraction of sp³-hybridized carbons (Fsp3) is 0. The van der Waals surface area contributed by atoms with Gasteiger partial charge in [0.05, 0.1) is 11.3 Å². The van der Waals surface area contributed by atoms with Gasteiger partial charge in [-0.15, -0.1) is 0 Å². The molecule has 0 unspecified atom stereocenters. The van der Waals surface area contributed by atoms with E-state index in [2.05, 4.69) is 20.9 Å². The van der Waals surface area contributed by atoms with Gasteiger partial charge in [0.1, 0.15) is 17.0 Å². The smallest absolute Gasteiger partial charge is 0.147 e. The summed E-state index contributed by atoms with van der Waals surface area (Å²) >= 11 is 9.08. The van der Waals surface area contributed by atoms with E-state index in [0.717, 1.165) is 0 Å². The van der Waals surface area contributed by atoms with E-state index in [0.29, 0.717) is 15.7 Å². The van der Waals surface area contributed by atoms with Gasteiger partial charge in [0.2, 0.25) is 0 Å². The maximum absolute atomic E-state index is 13.6. The number of benzene rings is 1. The molecule has 2 nitrogen and oxygen atoms in total. The molecular formula is C12H5BrClFN2. The number of hydrogen-bond acceptors (Lipinski definition) is 2. The van der Waals surface area contributed by atoms with Gasteiger partial charge in [0, 0.05) is 10.0 Å². The number of halogens is 3. The molecule has 0 aliphatic carbocycles. The highest BCUT2D eigenvalue weighted by atomic mass is 79.9. The third kappa shape index (κ3) is 2.31. The predicted octanol–water partition coefficient (Wildman–Crippen LogP) is 4.18. The molecule has 17 heavy (non-hydrogen) atoms. The van der Waals surface area contributed by atoms with E-state index in [1.807, 2.05) is 6.07 Å². The molecule has 2 rings (SSSR count). The van der Waals surface area contributed by atoms with Gasteiger partial charge in [0.15, 0.2) is 0 Å². The van der Waals surface area contributed by atoms with E-state index in [9.17, 15) is 4.39 Å². The average Bonchev–Trinajstić information content (AvgIpc) is 2.32. The molecular weight excluding hydrogens is 307 g/mol. The van der Waals surface area contributed by atoms with E-state index >= 15 is 0 Å². The van der Waals surface area contributed by atoms with Crippen LogP contribution < -0.4 is 0 Å². The van der Waals surface area contributed by atoms with Gasteiger partial charge < -0.3 is 0 Å². The van der Waals surface area contributed by atoms with Gasteiger partial charge in [-0.2, -0.15) is 5.26 Å². The van der Waals surface area contributed by atoms with Crippen LogP contribution in [0, 0.1) is 17.1 Å². The number of aromatic nitrogens is 1. The molecule has 1 aromatic carbocycles. The summed E-state index contributed by atoms with van der Waals surface area (Å²) in [4.78, 5) is 4.03. The molecule has 1 aromatic heterocycles. The molecule has 0 bridgehead atoms. The van der Waals surface area contributed by atoms with Crippen molar-refractivity contribution in [2.45, 2.75) is 0 Å². The molecule has 0 spiro atoms. The van der Waals surface area contributed by atoms with Crippen LogP contribution in [0.5, 0.6) is 0 Å². The molecule has 84 valence electrons. The minimum atomic E-state index is -0.388. The van der Waals surface area contributed by atoms with Gasteiger partial charge in [-0.3, -0.25) is 0 Å². The lowest BCUT2D eigenvalue weighted by molar-refractivity contribution is 0.630. The zero-order chi connectivity index (χ0) is 12.4. The fourth-order valence-corrected chi connectivity index (χ4v) is 2.10. The highest BCUT2D eigenvalue weighted by molar-refractivity contribution is 9.10. The summed E-state index contributed by atoms with van der Waals surface area (Å²) in [7, 11) is 0. The Morgan fingerprint density at radius 2 is 2.06 bits per heavy atom. The number of hydrogen-bond donors (Lipinski definition) is 0. The average molecular weight is 312 g/mol. The topological polar surface area (TPSA) is 36.7 Å². The Morgan fingerprint density at radius 3 is 2.71 bits per heavy atom. The zero-order valence-electron chi connectivity index (χ0n) is 8.42. The lowest BCUT2D eigenvalue weighted by Gasteiger charge is -2.06. The summed E-state index contributed by atoms with van der Waals surface area (Å²) in [6, 6.07) is 9.68. The number of nitrogens with zero attached hydrogens (tertiary/aromatic N) is 2. The van der Waals surface area contributed by atoms with Crippen molar-refractivity contribution in [3.63, 3.8) is 0 Å². The third-order valence-electron chi connectivity index (χ3n) is 2.18. The van der Waals surface area contributed by atoms with Crippen molar-refractivity contribution in [1.29, 1.82) is 5.26 Å². The largest absolute Gasteiger partial charge is 0.233 e. The maximum Gasteiger partial charge on any atom is 0.147 e. The van der Waals surface area contributed by atoms with Crippen LogP contribution in [0.1, 0.15) is 5.56 Å². The van der Waals surface area contributed by atoms with E-state index < -0.39 is 0 Å². The zero-order valence-corrected chi connectivity index (χ0v) is 10.8. The van der Waals surface area contributed by atoms with Crippen LogP contribution in [0.3, 0.4) is 0 Å². The Balaban J connectivity index is 2.66. The van der Waals surface area contributed by atoms with Crippen LogP contribution in [0.2, 0.25) is 5.15 Å². The first-order valence-electron chi connectivity index (χ1n) is 4.64. The van der Waals surface area contributed by atoms with Crippen molar-refractivity contribution in [3.8, 4) is 17.3 Å². The monoisotopic (exact) mass is 310 g/mol. The molecule has 0 aliphatic rings. The van der Waals surface area contributed by atoms with E-state index in [1.54, 1.807) is 18.2 Å². The molecule has 1 heterocycles. The fourth-order valence-electron chi connectivity index (χ4n) is 1.39. The quantitative estimate of drug-likeness (QED) is 0.741. The van der Waals surface area contributed by atoms with Crippen molar-refractivity contribution >= 4 is 27.5 Å². The van der Waals surface area contributed by atoms with Crippen LogP contribution in [0.25, 0.3) is 11.3 Å². The molecule has 0 saturated heterocycles. The summed E-state index contributed by atoms with van der Waals surface area (Å²) in [6.07, 6.45) is 0. The standard InChI is InChI=1S/C12H5BrClFN2/c13-9-5-7(6-16)12(14)17-11(9)8-3-1-2-4-10(8)15/h1-5H. The highest BCUT2D eigenvalue weighted by Gasteiger charge is 2.13. The van der Waals surface area contributed by atoms with E-state index in [1.165, 1.54) is 12.1 Å². The first kappa shape index (κ1) is 12.0. The molecule has 0 atom stereocenters. The Kier molecular flexibility index (Phi) is 3.41. The van der Waals surface area contributed by atoms with E-state index in [4.69, 9.17) is 16.9 Å². The van der Waals surface area contributed by atoms with Gasteiger partial charge in [0.25, 0.3) is 0 Å². The second-order valence-electron chi connectivity index (χ2n) is 3.25. The maximum atomic E-state index is 13.6. The highest BCUT2D eigenvalue weighted by Crippen LogP contribution is 2.31. The van der Waals surface area contributed by atoms with Crippen molar-refractivity contribution in [2.24, 2.45) is 0 Å². The number of rotatable bonds is 1. The number of nitriles is 1. The van der Waals surface area contributed by atoms with Crippen molar-refractivity contribution in [3.05, 3.63) is 51.3 Å². The molecule has 0 radical (unpaired) electrons. The summed E-state index contributed by atoms with van der Waals surface area (Å²) < 4.78 is 14.1. The molecule has 0 amide bonds. The first-order valence-corrected chi connectivity index (χ1v) is 5.81. The summed E-state index contributed by atoms with van der Waals surface area (Å²) in [6.45, 7) is 0. The van der Waals surface area contributed by atoms with Crippen molar-refractivity contribution < 1.29 is 4.39 Å². The van der Waals surface area contributed by atoms with Crippen LogP contribution in [0.4, 0.5) is 4.39 Å². The SMILES string of the molecule is N#Cc1cc(Br)c(-c2ccccc2F)nc1Cl.